The van der Waals surface area contributed by atoms with Crippen molar-refractivity contribution in [2.75, 3.05) is 26.4 Å². The van der Waals surface area contributed by atoms with Crippen LogP contribution in [0.5, 0.6) is 17.2 Å². The van der Waals surface area contributed by atoms with Crippen LogP contribution in [-0.4, -0.2) is 81.3 Å². The molecule has 0 unspecified atom stereocenters. The Bertz CT molecular complexity index is 2070. The zero-order valence-electron chi connectivity index (χ0n) is 28.8. The number of hydrazine groups is 1. The summed E-state index contributed by atoms with van der Waals surface area (Å²) in [4.78, 5) is 71.8. The first-order chi connectivity index (χ1) is 24.5. The van der Waals surface area contributed by atoms with E-state index in [1.165, 1.54) is 50.7 Å². The molecule has 0 bridgehead atoms. The van der Waals surface area contributed by atoms with Crippen LogP contribution in [0.25, 0.3) is 10.2 Å². The molecule has 7 rings (SSSR count). The monoisotopic (exact) mass is 782 g/mol. The Morgan fingerprint density at radius 3 is 2.57 bits per heavy atom. The van der Waals surface area contributed by atoms with Crippen LogP contribution >= 0.6 is 19.2 Å². The Hall–Kier alpha value is -3.06. The van der Waals surface area contributed by atoms with E-state index in [9.17, 15) is 33.1 Å². The predicted octanol–water partition coefficient (Wildman–Crippen LogP) is -3.88. The van der Waals surface area contributed by atoms with Crippen LogP contribution in [-0.2, 0) is 33.7 Å². The van der Waals surface area contributed by atoms with Gasteiger partial charge in [0.05, 0.1) is 28.8 Å². The van der Waals surface area contributed by atoms with Crippen molar-refractivity contribution in [3.05, 3.63) is 95.3 Å². The van der Waals surface area contributed by atoms with Crippen molar-refractivity contribution in [1.82, 2.24) is 30.1 Å². The number of ether oxygens (including phenoxy) is 2. The summed E-state index contributed by atoms with van der Waals surface area (Å²) in [5.41, 5.74) is 3.77. The standard InChI is InChI=1S/C33H32FN6O9PS.2Na/c1-2-11-38-17-29(41)39-25(12-20-3-7-23(8-4-20)49-50(44,45)46)32(42)37(15-22-6-9-24(34)31-30(22)36-18-51-31)16-28(39)40(38)33(43)35-14-21-5-10-26-27(13-21)48-19-47-26;;/h2-10,13,18,25,28H,1,11-12,14-17,19H2,(H,35,43)(H2,44,45,46);;/q;2*+1/p-2/t25-,28-;;/m0../s1. The second kappa shape index (κ2) is 17.2. The van der Waals surface area contributed by atoms with E-state index in [4.69, 9.17) is 9.47 Å². The number of hydrogen-bond donors (Lipinski definition) is 1. The van der Waals surface area contributed by atoms with Gasteiger partial charge < -0.3 is 43.5 Å². The molecule has 4 amide bonds. The molecule has 0 radical (unpaired) electrons. The molecule has 15 nitrogen and oxygen atoms in total. The zero-order chi connectivity index (χ0) is 35.9. The molecular formula is C33H30FN6Na2O9PS. The molecule has 0 saturated carbocycles. The number of halogens is 1. The Morgan fingerprint density at radius 2 is 1.83 bits per heavy atom. The molecule has 3 aliphatic heterocycles. The number of carbonyl (C=O) groups excluding carboxylic acids is 3. The maximum Gasteiger partial charge on any atom is 1.00 e. The van der Waals surface area contributed by atoms with Crippen molar-refractivity contribution >= 4 is 47.2 Å². The minimum absolute atomic E-state index is 0. The average molecular weight is 783 g/mol. The van der Waals surface area contributed by atoms with Gasteiger partial charge in [0, 0.05) is 26.1 Å². The van der Waals surface area contributed by atoms with Crippen LogP contribution in [0.4, 0.5) is 9.18 Å². The van der Waals surface area contributed by atoms with Crippen LogP contribution < -0.4 is 88.2 Å². The number of urea groups is 1. The molecule has 0 spiro atoms. The molecule has 2 saturated heterocycles. The molecule has 2 atom stereocenters. The van der Waals surface area contributed by atoms with E-state index in [0.29, 0.717) is 32.8 Å². The van der Waals surface area contributed by atoms with E-state index in [1.54, 1.807) is 35.4 Å². The van der Waals surface area contributed by atoms with Gasteiger partial charge in [-0.1, -0.05) is 30.3 Å². The normalized spacial score (nSPS) is 18.3. The molecule has 4 heterocycles. The Morgan fingerprint density at radius 1 is 1.09 bits per heavy atom. The van der Waals surface area contributed by atoms with Gasteiger partial charge in [0.2, 0.25) is 18.6 Å². The molecule has 1 N–H and O–H groups in total. The molecule has 2 fully saturated rings. The predicted molar refractivity (Wildman–Crippen MR) is 176 cm³/mol. The Balaban J connectivity index is 0.00000271. The first kappa shape index (κ1) is 41.1. The molecule has 3 aliphatic rings. The summed E-state index contributed by atoms with van der Waals surface area (Å²) in [6, 6.07) is 12.1. The number of aromatic nitrogens is 1. The number of carbonyl (C=O) groups is 3. The Kier molecular flexibility index (Phi) is 13.3. The molecule has 53 heavy (non-hydrogen) atoms. The van der Waals surface area contributed by atoms with Gasteiger partial charge in [0.1, 0.15) is 31.6 Å². The van der Waals surface area contributed by atoms with E-state index < -0.39 is 43.7 Å². The zero-order valence-corrected chi connectivity index (χ0v) is 34.5. The van der Waals surface area contributed by atoms with Gasteiger partial charge in [-0.2, -0.15) is 0 Å². The van der Waals surface area contributed by atoms with Gasteiger partial charge in [-0.25, -0.2) is 24.2 Å². The van der Waals surface area contributed by atoms with Crippen molar-refractivity contribution in [3.8, 4) is 17.2 Å². The third-order valence-electron chi connectivity index (χ3n) is 8.71. The number of piperazine rings is 1. The molecule has 20 heteroatoms. The fraction of sp³-hybridized carbons (Fsp3) is 0.273. The average Bonchev–Trinajstić information content (AvgIpc) is 3.78. The van der Waals surface area contributed by atoms with Crippen LogP contribution in [0.1, 0.15) is 16.7 Å². The first-order valence-corrected chi connectivity index (χ1v) is 18.1. The van der Waals surface area contributed by atoms with Crippen LogP contribution in [0.2, 0.25) is 0 Å². The number of phosphoric acid groups is 1. The number of nitrogens with zero attached hydrogens (tertiary/aromatic N) is 5. The maximum absolute atomic E-state index is 14.6. The Labute approximate surface area is 351 Å². The minimum atomic E-state index is -5.30. The van der Waals surface area contributed by atoms with Crippen LogP contribution in [0, 0.1) is 5.82 Å². The summed E-state index contributed by atoms with van der Waals surface area (Å²) in [6.07, 6.45) is 0.577. The van der Waals surface area contributed by atoms with Crippen molar-refractivity contribution in [3.63, 3.8) is 0 Å². The largest absolute Gasteiger partial charge is 1.00 e. The van der Waals surface area contributed by atoms with Gasteiger partial charge in [-0.3, -0.25) is 9.59 Å². The van der Waals surface area contributed by atoms with Gasteiger partial charge in [0.25, 0.3) is 0 Å². The fourth-order valence-electron chi connectivity index (χ4n) is 6.50. The third-order valence-corrected chi connectivity index (χ3v) is 9.98. The first-order valence-electron chi connectivity index (χ1n) is 15.7. The molecular weight excluding hydrogens is 752 g/mol. The summed E-state index contributed by atoms with van der Waals surface area (Å²) in [5, 5.41) is 5.90. The third kappa shape index (κ3) is 8.92. The van der Waals surface area contributed by atoms with E-state index in [2.05, 4.69) is 21.4 Å². The maximum atomic E-state index is 14.6. The van der Waals surface area contributed by atoms with Crippen molar-refractivity contribution in [2.45, 2.75) is 31.7 Å². The summed E-state index contributed by atoms with van der Waals surface area (Å²) in [6.45, 7) is 3.87. The van der Waals surface area contributed by atoms with Gasteiger partial charge in [-0.15, -0.1) is 17.9 Å². The number of phosphoric ester groups is 1. The van der Waals surface area contributed by atoms with E-state index in [-0.39, 0.29) is 111 Å². The second-order valence-electron chi connectivity index (χ2n) is 12.0. The molecule has 1 aromatic heterocycles. The summed E-state index contributed by atoms with van der Waals surface area (Å²) < 4.78 is 41.3. The minimum Gasteiger partial charge on any atom is -0.780 e. The van der Waals surface area contributed by atoms with Crippen molar-refractivity contribution < 1.29 is 106 Å². The number of thiazole rings is 1. The SMILES string of the molecule is C=CCN1CC(=O)N2[C@@H](Cc3ccc(OP(=O)([O-])[O-])cc3)C(=O)N(Cc3ccc(F)c4scnc34)C[C@@H]2N1C(=O)NCc1ccc2c(c1)OCO2.[Na+].[Na+]. The van der Waals surface area contributed by atoms with E-state index in [0.717, 1.165) is 16.9 Å². The molecule has 0 aliphatic carbocycles. The van der Waals surface area contributed by atoms with E-state index in [1.807, 2.05) is 0 Å². The molecule has 266 valence electrons. The number of hydrogen-bond acceptors (Lipinski definition) is 12. The summed E-state index contributed by atoms with van der Waals surface area (Å²) in [5.74, 6) is -0.315. The summed E-state index contributed by atoms with van der Waals surface area (Å²) >= 11 is 1.13. The molecule has 3 aromatic carbocycles. The second-order valence-corrected chi connectivity index (χ2v) is 13.9. The van der Waals surface area contributed by atoms with Gasteiger partial charge in [-0.05, 0) is 47.0 Å². The number of rotatable bonds is 10. The topological polar surface area (TPSA) is 180 Å². The van der Waals surface area contributed by atoms with Crippen molar-refractivity contribution in [1.29, 1.82) is 0 Å². The number of fused-ring (bicyclic) bond motifs is 3. The quantitative estimate of drug-likeness (QED) is 0.0946. The van der Waals surface area contributed by atoms with Crippen LogP contribution in [0.3, 0.4) is 0 Å². The van der Waals surface area contributed by atoms with Gasteiger partial charge in [0.15, 0.2) is 11.5 Å². The number of benzene rings is 3. The van der Waals surface area contributed by atoms with Crippen LogP contribution in [0.15, 0.2) is 72.8 Å². The molecule has 4 aromatic rings. The van der Waals surface area contributed by atoms with Crippen molar-refractivity contribution in [2.24, 2.45) is 0 Å². The van der Waals surface area contributed by atoms with E-state index >= 15 is 0 Å². The van der Waals surface area contributed by atoms with Gasteiger partial charge >= 0.3 is 65.1 Å². The summed E-state index contributed by atoms with van der Waals surface area (Å²) in [7, 11) is -5.30. The smallest absolute Gasteiger partial charge is 0.780 e. The fourth-order valence-corrected chi connectivity index (χ4v) is 7.62. The number of amides is 4. The number of nitrogens with one attached hydrogen (secondary N) is 1.